The van der Waals surface area contributed by atoms with Gasteiger partial charge in [-0.1, -0.05) is 28.1 Å². The van der Waals surface area contributed by atoms with Gasteiger partial charge in [0.2, 0.25) is 5.91 Å². The molecule has 1 aromatic carbocycles. The number of amides is 1. The van der Waals surface area contributed by atoms with Crippen LogP contribution in [0.5, 0.6) is 0 Å². The Labute approximate surface area is 121 Å². The highest BCUT2D eigenvalue weighted by Crippen LogP contribution is 2.29. The first-order chi connectivity index (χ1) is 9.25. The molecule has 0 aromatic heterocycles. The zero-order valence-corrected chi connectivity index (χ0v) is 12.3. The van der Waals surface area contributed by atoms with Crippen LogP contribution in [0.2, 0.25) is 0 Å². The van der Waals surface area contributed by atoms with Crippen molar-refractivity contribution in [2.75, 3.05) is 19.6 Å². The van der Waals surface area contributed by atoms with E-state index in [1.54, 1.807) is 0 Å². The van der Waals surface area contributed by atoms with E-state index >= 15 is 0 Å². The van der Waals surface area contributed by atoms with Gasteiger partial charge < -0.3 is 4.90 Å². The molecule has 0 spiro atoms. The van der Waals surface area contributed by atoms with Crippen molar-refractivity contribution in [3.63, 3.8) is 0 Å². The Bertz CT molecular complexity index is 474. The molecular formula is C14H18BrN3O. The van der Waals surface area contributed by atoms with Crippen LogP contribution < -0.4 is 10.9 Å². The first-order valence-electron chi connectivity index (χ1n) is 6.78. The molecular weight excluding hydrogens is 306 g/mol. The van der Waals surface area contributed by atoms with E-state index in [0.29, 0.717) is 6.54 Å². The summed E-state index contributed by atoms with van der Waals surface area (Å²) in [7, 11) is 0. The van der Waals surface area contributed by atoms with Crippen LogP contribution in [-0.4, -0.2) is 30.4 Å². The molecule has 0 saturated carbocycles. The SMILES string of the molecule is O=C(C1CNNC1c1cccc(Br)c1)N1CCCC1. The maximum Gasteiger partial charge on any atom is 0.229 e. The van der Waals surface area contributed by atoms with E-state index in [4.69, 9.17) is 0 Å². The molecule has 19 heavy (non-hydrogen) atoms. The number of nitrogens with zero attached hydrogens (tertiary/aromatic N) is 1. The molecule has 1 aromatic rings. The summed E-state index contributed by atoms with van der Waals surface area (Å²) >= 11 is 3.49. The van der Waals surface area contributed by atoms with E-state index in [-0.39, 0.29) is 17.9 Å². The Morgan fingerprint density at radius 3 is 2.84 bits per heavy atom. The molecule has 2 saturated heterocycles. The molecule has 2 unspecified atom stereocenters. The van der Waals surface area contributed by atoms with Gasteiger partial charge in [-0.3, -0.25) is 10.2 Å². The largest absolute Gasteiger partial charge is 0.342 e. The molecule has 2 fully saturated rings. The summed E-state index contributed by atoms with van der Waals surface area (Å²) in [6.07, 6.45) is 2.28. The lowest BCUT2D eigenvalue weighted by atomic mass is 9.94. The normalized spacial score (nSPS) is 26.9. The lowest BCUT2D eigenvalue weighted by molar-refractivity contribution is -0.134. The fourth-order valence-electron chi connectivity index (χ4n) is 2.91. The van der Waals surface area contributed by atoms with Crippen molar-refractivity contribution in [3.8, 4) is 0 Å². The number of rotatable bonds is 2. The highest BCUT2D eigenvalue weighted by molar-refractivity contribution is 9.10. The number of hydrogen-bond acceptors (Lipinski definition) is 3. The van der Waals surface area contributed by atoms with Gasteiger partial charge >= 0.3 is 0 Å². The number of likely N-dealkylation sites (tertiary alicyclic amines) is 1. The summed E-state index contributed by atoms with van der Waals surface area (Å²) < 4.78 is 1.05. The van der Waals surface area contributed by atoms with E-state index in [1.165, 1.54) is 0 Å². The Hall–Kier alpha value is -0.910. The van der Waals surface area contributed by atoms with Gasteiger partial charge in [0.1, 0.15) is 0 Å². The predicted molar refractivity (Wildman–Crippen MR) is 77.3 cm³/mol. The maximum absolute atomic E-state index is 12.6. The third-order valence-corrected chi connectivity index (χ3v) is 4.42. The summed E-state index contributed by atoms with van der Waals surface area (Å²) in [5.74, 6) is 0.271. The number of carbonyl (C=O) groups excluding carboxylic acids is 1. The molecule has 0 bridgehead atoms. The van der Waals surface area contributed by atoms with Crippen molar-refractivity contribution in [2.24, 2.45) is 5.92 Å². The molecule has 1 amide bonds. The standard InChI is InChI=1S/C14H18BrN3O/c15-11-5-3-4-10(8-11)13-12(9-16-17-13)14(19)18-6-1-2-7-18/h3-5,8,12-13,16-17H,1-2,6-7,9H2. The molecule has 2 aliphatic rings. The molecule has 3 rings (SSSR count). The van der Waals surface area contributed by atoms with E-state index in [9.17, 15) is 4.79 Å². The quantitative estimate of drug-likeness (QED) is 0.872. The third-order valence-electron chi connectivity index (χ3n) is 3.92. The van der Waals surface area contributed by atoms with Crippen LogP contribution in [0.4, 0.5) is 0 Å². The molecule has 2 heterocycles. The zero-order valence-electron chi connectivity index (χ0n) is 10.7. The van der Waals surface area contributed by atoms with Crippen molar-refractivity contribution in [3.05, 3.63) is 34.3 Å². The number of hydrazine groups is 1. The Kier molecular flexibility index (Phi) is 3.86. The minimum absolute atomic E-state index is 0.00704. The van der Waals surface area contributed by atoms with Crippen LogP contribution in [0.25, 0.3) is 0 Å². The molecule has 2 N–H and O–H groups in total. The Morgan fingerprint density at radius 1 is 1.32 bits per heavy atom. The van der Waals surface area contributed by atoms with Crippen molar-refractivity contribution in [2.45, 2.75) is 18.9 Å². The molecule has 2 atom stereocenters. The number of carbonyl (C=O) groups is 1. The monoisotopic (exact) mass is 323 g/mol. The molecule has 0 radical (unpaired) electrons. The summed E-state index contributed by atoms with van der Waals surface area (Å²) in [6.45, 7) is 2.54. The minimum Gasteiger partial charge on any atom is -0.342 e. The average molecular weight is 324 g/mol. The van der Waals surface area contributed by atoms with Crippen LogP contribution in [0.3, 0.4) is 0 Å². The Morgan fingerprint density at radius 2 is 2.11 bits per heavy atom. The molecule has 102 valence electrons. The summed E-state index contributed by atoms with van der Waals surface area (Å²) in [5.41, 5.74) is 7.52. The zero-order chi connectivity index (χ0) is 13.2. The molecule has 4 nitrogen and oxygen atoms in total. The van der Waals surface area contributed by atoms with Crippen LogP contribution in [-0.2, 0) is 4.79 Å². The fraction of sp³-hybridized carbons (Fsp3) is 0.500. The van der Waals surface area contributed by atoms with Crippen molar-refractivity contribution < 1.29 is 4.79 Å². The highest BCUT2D eigenvalue weighted by atomic mass is 79.9. The first kappa shape index (κ1) is 13.1. The van der Waals surface area contributed by atoms with Gasteiger partial charge in [0, 0.05) is 24.1 Å². The van der Waals surface area contributed by atoms with E-state index in [1.807, 2.05) is 17.0 Å². The first-order valence-corrected chi connectivity index (χ1v) is 7.57. The third kappa shape index (κ3) is 2.68. The smallest absolute Gasteiger partial charge is 0.229 e. The Balaban J connectivity index is 1.79. The van der Waals surface area contributed by atoms with Gasteiger partial charge in [0.15, 0.2) is 0 Å². The van der Waals surface area contributed by atoms with Crippen molar-refractivity contribution in [1.29, 1.82) is 0 Å². The summed E-state index contributed by atoms with van der Waals surface area (Å²) in [6, 6.07) is 8.22. The lowest BCUT2D eigenvalue weighted by Gasteiger charge is -2.24. The second-order valence-electron chi connectivity index (χ2n) is 5.20. The van der Waals surface area contributed by atoms with Crippen molar-refractivity contribution in [1.82, 2.24) is 15.8 Å². The minimum atomic E-state index is -0.00704. The lowest BCUT2D eigenvalue weighted by Crippen LogP contribution is -2.37. The van der Waals surface area contributed by atoms with Gasteiger partial charge in [-0.05, 0) is 30.5 Å². The van der Waals surface area contributed by atoms with E-state index < -0.39 is 0 Å². The van der Waals surface area contributed by atoms with E-state index in [0.717, 1.165) is 36.0 Å². The molecule has 0 aliphatic carbocycles. The fourth-order valence-corrected chi connectivity index (χ4v) is 3.33. The molecule has 2 aliphatic heterocycles. The summed E-state index contributed by atoms with van der Waals surface area (Å²) in [5, 5.41) is 0. The van der Waals surface area contributed by atoms with Gasteiger partial charge in [-0.15, -0.1) is 0 Å². The van der Waals surface area contributed by atoms with Gasteiger partial charge in [-0.2, -0.15) is 0 Å². The van der Waals surface area contributed by atoms with E-state index in [2.05, 4.69) is 38.9 Å². The maximum atomic E-state index is 12.6. The topological polar surface area (TPSA) is 44.4 Å². The van der Waals surface area contributed by atoms with Gasteiger partial charge in [0.25, 0.3) is 0 Å². The number of halogens is 1. The van der Waals surface area contributed by atoms with Crippen molar-refractivity contribution >= 4 is 21.8 Å². The number of hydrogen-bond donors (Lipinski definition) is 2. The predicted octanol–water partition coefficient (Wildman–Crippen LogP) is 1.84. The second-order valence-corrected chi connectivity index (χ2v) is 6.11. The van der Waals surface area contributed by atoms with Gasteiger partial charge in [0.05, 0.1) is 12.0 Å². The second kappa shape index (κ2) is 5.61. The highest BCUT2D eigenvalue weighted by Gasteiger charge is 2.37. The van der Waals surface area contributed by atoms with Crippen LogP contribution >= 0.6 is 15.9 Å². The average Bonchev–Trinajstić information content (AvgIpc) is 3.09. The van der Waals surface area contributed by atoms with Crippen LogP contribution in [0.15, 0.2) is 28.7 Å². The van der Waals surface area contributed by atoms with Crippen LogP contribution in [0.1, 0.15) is 24.4 Å². The van der Waals surface area contributed by atoms with Crippen LogP contribution in [0, 0.1) is 5.92 Å². The number of benzene rings is 1. The summed E-state index contributed by atoms with van der Waals surface area (Å²) in [4.78, 5) is 14.6. The number of nitrogens with one attached hydrogen (secondary N) is 2. The molecule has 5 heteroatoms. The van der Waals surface area contributed by atoms with Gasteiger partial charge in [-0.25, -0.2) is 5.43 Å².